The number of halogens is 1. The molecule has 0 aliphatic rings. The predicted molar refractivity (Wildman–Crippen MR) is 68.5 cm³/mol. The minimum absolute atomic E-state index is 0.220. The summed E-state index contributed by atoms with van der Waals surface area (Å²) in [6.07, 6.45) is 0.470. The molecule has 0 aliphatic heterocycles. The third-order valence-corrected chi connectivity index (χ3v) is 2.86. The minimum atomic E-state index is -0.220. The molecule has 18 heavy (non-hydrogen) atoms. The van der Waals surface area contributed by atoms with Crippen molar-refractivity contribution in [1.29, 1.82) is 5.26 Å². The number of nitrogens with zero attached hydrogens (tertiary/aromatic N) is 2. The van der Waals surface area contributed by atoms with E-state index in [1.54, 1.807) is 19.2 Å². The van der Waals surface area contributed by atoms with E-state index < -0.39 is 0 Å². The summed E-state index contributed by atoms with van der Waals surface area (Å²) in [5.41, 5.74) is 2.03. The number of ether oxygens (including phenoxy) is 1. The van der Waals surface area contributed by atoms with Gasteiger partial charge in [0.05, 0.1) is 12.7 Å². The van der Waals surface area contributed by atoms with Crippen LogP contribution in [0.25, 0.3) is 0 Å². The lowest BCUT2D eigenvalue weighted by Gasteiger charge is -2.21. The van der Waals surface area contributed by atoms with Gasteiger partial charge in [-0.3, -0.25) is 4.90 Å². The fraction of sp³-hybridized carbons (Fsp3) is 0.500. The Hall–Kier alpha value is -1.44. The molecule has 1 aromatic carbocycles. The van der Waals surface area contributed by atoms with Crippen molar-refractivity contribution in [3.05, 3.63) is 35.1 Å². The number of hydrogen-bond donors (Lipinski definition) is 0. The molecule has 0 saturated carbocycles. The first-order chi connectivity index (χ1) is 8.67. The Morgan fingerprint density at radius 3 is 2.83 bits per heavy atom. The third kappa shape index (κ3) is 4.82. The first kappa shape index (κ1) is 14.6. The summed E-state index contributed by atoms with van der Waals surface area (Å²) in [6.45, 7) is 4.64. The van der Waals surface area contributed by atoms with Crippen LogP contribution in [0.1, 0.15) is 17.5 Å². The monoisotopic (exact) mass is 250 g/mol. The van der Waals surface area contributed by atoms with Crippen molar-refractivity contribution < 1.29 is 9.13 Å². The van der Waals surface area contributed by atoms with Crippen molar-refractivity contribution in [3.8, 4) is 6.07 Å². The smallest absolute Gasteiger partial charge is 0.123 e. The van der Waals surface area contributed by atoms with Crippen LogP contribution < -0.4 is 0 Å². The van der Waals surface area contributed by atoms with E-state index in [2.05, 4.69) is 11.0 Å². The first-order valence-electron chi connectivity index (χ1n) is 6.00. The molecule has 0 unspecified atom stereocenters. The van der Waals surface area contributed by atoms with Crippen LogP contribution in [0.4, 0.5) is 4.39 Å². The topological polar surface area (TPSA) is 36.3 Å². The van der Waals surface area contributed by atoms with E-state index in [9.17, 15) is 4.39 Å². The van der Waals surface area contributed by atoms with E-state index in [-0.39, 0.29) is 5.82 Å². The van der Waals surface area contributed by atoms with Crippen molar-refractivity contribution in [2.75, 3.05) is 26.8 Å². The molecule has 0 aliphatic carbocycles. The van der Waals surface area contributed by atoms with Gasteiger partial charge in [0.1, 0.15) is 5.82 Å². The first-order valence-corrected chi connectivity index (χ1v) is 6.00. The quantitative estimate of drug-likeness (QED) is 0.746. The van der Waals surface area contributed by atoms with Gasteiger partial charge in [-0.25, -0.2) is 4.39 Å². The summed E-state index contributed by atoms with van der Waals surface area (Å²) in [6, 6.07) is 6.93. The number of methoxy groups -OCH3 is 1. The maximum absolute atomic E-state index is 13.2. The standard InChI is InChI=1S/C14H19FN2O/c1-12-4-5-14(15)10-13(12)11-17(7-3-6-16)8-9-18-2/h4-5,10H,3,7-9,11H2,1-2H3. The Balaban J connectivity index is 2.68. The average Bonchev–Trinajstić information content (AvgIpc) is 2.37. The van der Waals surface area contributed by atoms with Gasteiger partial charge in [0.15, 0.2) is 0 Å². The Morgan fingerprint density at radius 2 is 2.17 bits per heavy atom. The normalized spacial score (nSPS) is 10.6. The summed E-state index contributed by atoms with van der Waals surface area (Å²) in [7, 11) is 1.65. The van der Waals surface area contributed by atoms with Crippen LogP contribution in [0.5, 0.6) is 0 Å². The van der Waals surface area contributed by atoms with Crippen LogP contribution in [0.2, 0.25) is 0 Å². The van der Waals surface area contributed by atoms with Crippen LogP contribution in [0, 0.1) is 24.1 Å². The van der Waals surface area contributed by atoms with Gasteiger partial charge in [0.25, 0.3) is 0 Å². The molecule has 0 aromatic heterocycles. The summed E-state index contributed by atoms with van der Waals surface area (Å²) in [5.74, 6) is -0.220. The van der Waals surface area contributed by atoms with Crippen molar-refractivity contribution >= 4 is 0 Å². The van der Waals surface area contributed by atoms with Crippen molar-refractivity contribution in [2.45, 2.75) is 19.9 Å². The SMILES string of the molecule is COCCN(CCC#N)Cc1cc(F)ccc1C. The fourth-order valence-corrected chi connectivity index (χ4v) is 1.75. The Kier molecular flexibility index (Phi) is 6.34. The zero-order valence-electron chi connectivity index (χ0n) is 10.9. The molecule has 0 atom stereocenters. The molecule has 0 spiro atoms. The van der Waals surface area contributed by atoms with Crippen LogP contribution in [-0.4, -0.2) is 31.7 Å². The lowest BCUT2D eigenvalue weighted by atomic mass is 10.1. The highest BCUT2D eigenvalue weighted by Gasteiger charge is 2.08. The van der Waals surface area contributed by atoms with Crippen molar-refractivity contribution in [3.63, 3.8) is 0 Å². The van der Waals surface area contributed by atoms with Gasteiger partial charge >= 0.3 is 0 Å². The molecule has 1 aromatic rings. The lowest BCUT2D eigenvalue weighted by molar-refractivity contribution is 0.145. The van der Waals surface area contributed by atoms with Gasteiger partial charge in [0.2, 0.25) is 0 Å². The van der Waals surface area contributed by atoms with Crippen LogP contribution in [0.15, 0.2) is 18.2 Å². The molecule has 0 N–H and O–H groups in total. The van der Waals surface area contributed by atoms with Crippen LogP contribution in [0.3, 0.4) is 0 Å². The maximum Gasteiger partial charge on any atom is 0.123 e. The van der Waals surface area contributed by atoms with E-state index in [1.807, 2.05) is 6.92 Å². The maximum atomic E-state index is 13.2. The molecule has 4 heteroatoms. The lowest BCUT2D eigenvalue weighted by Crippen LogP contribution is -2.28. The number of aryl methyl sites for hydroxylation is 1. The second-order valence-electron chi connectivity index (χ2n) is 4.25. The molecule has 3 nitrogen and oxygen atoms in total. The molecular formula is C14H19FN2O. The Bertz CT molecular complexity index is 415. The van der Waals surface area contributed by atoms with Gasteiger partial charge in [0, 0.05) is 33.2 Å². The molecule has 0 amide bonds. The minimum Gasteiger partial charge on any atom is -0.383 e. The average molecular weight is 250 g/mol. The fourth-order valence-electron chi connectivity index (χ4n) is 1.75. The van der Waals surface area contributed by atoms with Gasteiger partial charge in [-0.15, -0.1) is 0 Å². The molecule has 1 rings (SSSR count). The summed E-state index contributed by atoms with van der Waals surface area (Å²) in [4.78, 5) is 2.11. The molecule has 0 fully saturated rings. The Labute approximate surface area is 108 Å². The van der Waals surface area contributed by atoms with E-state index in [0.717, 1.165) is 17.7 Å². The van der Waals surface area contributed by atoms with E-state index in [4.69, 9.17) is 10.00 Å². The van der Waals surface area contributed by atoms with Crippen LogP contribution in [-0.2, 0) is 11.3 Å². The van der Waals surface area contributed by atoms with Gasteiger partial charge in [-0.1, -0.05) is 6.07 Å². The summed E-state index contributed by atoms with van der Waals surface area (Å²) in [5, 5.41) is 8.64. The molecule has 98 valence electrons. The number of rotatable bonds is 7. The summed E-state index contributed by atoms with van der Waals surface area (Å²) >= 11 is 0. The van der Waals surface area contributed by atoms with Crippen molar-refractivity contribution in [2.24, 2.45) is 0 Å². The largest absolute Gasteiger partial charge is 0.383 e. The van der Waals surface area contributed by atoms with E-state index in [1.165, 1.54) is 6.07 Å². The van der Waals surface area contributed by atoms with Crippen LogP contribution >= 0.6 is 0 Å². The zero-order valence-corrected chi connectivity index (χ0v) is 10.9. The van der Waals surface area contributed by atoms with Crippen molar-refractivity contribution in [1.82, 2.24) is 4.90 Å². The van der Waals surface area contributed by atoms with Gasteiger partial charge in [-0.2, -0.15) is 5.26 Å². The highest BCUT2D eigenvalue weighted by Crippen LogP contribution is 2.13. The molecule has 0 saturated heterocycles. The zero-order chi connectivity index (χ0) is 13.4. The Morgan fingerprint density at radius 1 is 1.39 bits per heavy atom. The molecular weight excluding hydrogens is 231 g/mol. The number of benzene rings is 1. The molecule has 0 heterocycles. The molecule has 0 radical (unpaired) electrons. The summed E-state index contributed by atoms with van der Waals surface area (Å²) < 4.78 is 18.3. The molecule has 0 bridgehead atoms. The second kappa shape index (κ2) is 7.80. The van der Waals surface area contributed by atoms with Gasteiger partial charge < -0.3 is 4.74 Å². The second-order valence-corrected chi connectivity index (χ2v) is 4.25. The highest BCUT2D eigenvalue weighted by molar-refractivity contribution is 5.26. The van der Waals surface area contributed by atoms with E-state index >= 15 is 0 Å². The predicted octanol–water partition coefficient (Wildman–Crippen LogP) is 2.50. The number of hydrogen-bond acceptors (Lipinski definition) is 3. The van der Waals surface area contributed by atoms with E-state index in [0.29, 0.717) is 26.1 Å². The van der Waals surface area contributed by atoms with Gasteiger partial charge in [-0.05, 0) is 30.2 Å². The number of nitriles is 1. The highest BCUT2D eigenvalue weighted by atomic mass is 19.1. The third-order valence-electron chi connectivity index (χ3n) is 2.86.